The van der Waals surface area contributed by atoms with E-state index in [9.17, 15) is 0 Å². The second-order valence-corrected chi connectivity index (χ2v) is 3.79. The Morgan fingerprint density at radius 1 is 1.43 bits per heavy atom. The second-order valence-electron chi connectivity index (χ2n) is 3.79. The van der Waals surface area contributed by atoms with Gasteiger partial charge in [-0.15, -0.1) is 0 Å². The Kier molecular flexibility index (Phi) is 5.40. The van der Waals surface area contributed by atoms with Crippen molar-refractivity contribution in [3.05, 3.63) is 0 Å². The third-order valence-corrected chi connectivity index (χ3v) is 2.43. The summed E-state index contributed by atoms with van der Waals surface area (Å²) < 4.78 is 16.2. The first kappa shape index (κ1) is 11.9. The first-order valence-electron chi connectivity index (χ1n) is 5.22. The van der Waals surface area contributed by atoms with E-state index in [1.54, 1.807) is 7.11 Å². The van der Waals surface area contributed by atoms with Crippen LogP contribution in [0.25, 0.3) is 0 Å². The molecule has 0 aromatic carbocycles. The molecule has 0 amide bonds. The molecular formula is C10H21NO3. The molecule has 1 rings (SSSR count). The summed E-state index contributed by atoms with van der Waals surface area (Å²) in [5.41, 5.74) is 5.51. The van der Waals surface area contributed by atoms with Crippen LogP contribution in [0.5, 0.6) is 0 Å². The monoisotopic (exact) mass is 203 g/mol. The molecule has 0 radical (unpaired) electrons. The largest absolute Gasteiger partial charge is 0.382 e. The first-order chi connectivity index (χ1) is 6.76. The van der Waals surface area contributed by atoms with E-state index in [1.807, 2.05) is 6.92 Å². The second kappa shape index (κ2) is 6.35. The SMILES string of the molecule is COCC(C)OCC1CCC(CN)O1. The molecule has 1 aliphatic heterocycles. The normalized spacial score (nSPS) is 29.4. The highest BCUT2D eigenvalue weighted by molar-refractivity contribution is 4.73. The number of hydrogen-bond acceptors (Lipinski definition) is 4. The Hall–Kier alpha value is -0.160. The van der Waals surface area contributed by atoms with Gasteiger partial charge in [0.1, 0.15) is 0 Å². The van der Waals surface area contributed by atoms with Crippen LogP contribution < -0.4 is 5.73 Å². The third kappa shape index (κ3) is 3.92. The maximum Gasteiger partial charge on any atom is 0.0814 e. The molecule has 0 spiro atoms. The predicted octanol–water partition coefficient (Wildman–Crippen LogP) is 0.544. The van der Waals surface area contributed by atoms with Gasteiger partial charge >= 0.3 is 0 Å². The first-order valence-corrected chi connectivity index (χ1v) is 5.22. The smallest absolute Gasteiger partial charge is 0.0814 e. The van der Waals surface area contributed by atoms with E-state index in [-0.39, 0.29) is 18.3 Å². The van der Waals surface area contributed by atoms with Gasteiger partial charge in [-0.1, -0.05) is 0 Å². The van der Waals surface area contributed by atoms with Crippen LogP contribution in [0.4, 0.5) is 0 Å². The zero-order valence-corrected chi connectivity index (χ0v) is 9.07. The van der Waals surface area contributed by atoms with Gasteiger partial charge in [0.25, 0.3) is 0 Å². The van der Waals surface area contributed by atoms with Crippen molar-refractivity contribution in [1.29, 1.82) is 0 Å². The molecule has 14 heavy (non-hydrogen) atoms. The van der Waals surface area contributed by atoms with Crippen LogP contribution in [-0.2, 0) is 14.2 Å². The summed E-state index contributed by atoms with van der Waals surface area (Å²) in [7, 11) is 1.68. The summed E-state index contributed by atoms with van der Waals surface area (Å²) >= 11 is 0. The Morgan fingerprint density at radius 2 is 2.14 bits per heavy atom. The summed E-state index contributed by atoms with van der Waals surface area (Å²) in [5, 5.41) is 0. The van der Waals surface area contributed by atoms with Crippen molar-refractivity contribution in [3.63, 3.8) is 0 Å². The number of ether oxygens (including phenoxy) is 3. The highest BCUT2D eigenvalue weighted by Gasteiger charge is 2.24. The quantitative estimate of drug-likeness (QED) is 0.684. The standard InChI is InChI=1S/C10H21NO3/c1-8(6-12-2)13-7-10-4-3-9(5-11)14-10/h8-10H,3-7,11H2,1-2H3. The summed E-state index contributed by atoms with van der Waals surface area (Å²) in [4.78, 5) is 0. The summed E-state index contributed by atoms with van der Waals surface area (Å²) in [6, 6.07) is 0. The molecule has 3 atom stereocenters. The lowest BCUT2D eigenvalue weighted by Crippen LogP contribution is -2.25. The van der Waals surface area contributed by atoms with Crippen LogP contribution >= 0.6 is 0 Å². The Morgan fingerprint density at radius 3 is 2.71 bits per heavy atom. The van der Waals surface area contributed by atoms with Crippen molar-refractivity contribution >= 4 is 0 Å². The third-order valence-electron chi connectivity index (χ3n) is 2.43. The van der Waals surface area contributed by atoms with Crippen LogP contribution in [0.2, 0.25) is 0 Å². The van der Waals surface area contributed by atoms with Gasteiger partial charge in [0, 0.05) is 13.7 Å². The van der Waals surface area contributed by atoms with Crippen LogP contribution in [0.3, 0.4) is 0 Å². The average molecular weight is 203 g/mol. The maximum atomic E-state index is 5.65. The van der Waals surface area contributed by atoms with E-state index in [0.717, 1.165) is 12.8 Å². The molecule has 0 aliphatic carbocycles. The molecule has 4 heteroatoms. The van der Waals surface area contributed by atoms with Crippen molar-refractivity contribution in [2.45, 2.75) is 38.1 Å². The number of methoxy groups -OCH3 is 1. The number of nitrogens with two attached hydrogens (primary N) is 1. The Bertz CT molecular complexity index is 154. The van der Waals surface area contributed by atoms with Gasteiger partial charge < -0.3 is 19.9 Å². The van der Waals surface area contributed by atoms with Gasteiger partial charge in [-0.05, 0) is 19.8 Å². The fourth-order valence-corrected chi connectivity index (χ4v) is 1.63. The minimum Gasteiger partial charge on any atom is -0.382 e. The van der Waals surface area contributed by atoms with Crippen LogP contribution in [-0.4, -0.2) is 45.2 Å². The Balaban J connectivity index is 2.07. The van der Waals surface area contributed by atoms with E-state index in [1.165, 1.54) is 0 Å². The lowest BCUT2D eigenvalue weighted by Gasteiger charge is -2.16. The minimum atomic E-state index is 0.139. The zero-order chi connectivity index (χ0) is 10.4. The number of hydrogen-bond donors (Lipinski definition) is 1. The van der Waals surface area contributed by atoms with Crippen LogP contribution in [0, 0.1) is 0 Å². The topological polar surface area (TPSA) is 53.7 Å². The molecule has 1 heterocycles. The maximum absolute atomic E-state index is 5.65. The Labute approximate surface area is 85.7 Å². The molecule has 0 saturated carbocycles. The predicted molar refractivity (Wildman–Crippen MR) is 54.2 cm³/mol. The number of rotatable bonds is 6. The molecule has 1 aliphatic rings. The van der Waals surface area contributed by atoms with Crippen LogP contribution in [0.1, 0.15) is 19.8 Å². The molecule has 2 N–H and O–H groups in total. The van der Waals surface area contributed by atoms with Crippen molar-refractivity contribution in [1.82, 2.24) is 0 Å². The molecule has 0 bridgehead atoms. The van der Waals surface area contributed by atoms with E-state index in [2.05, 4.69) is 0 Å². The van der Waals surface area contributed by atoms with Gasteiger partial charge in [-0.2, -0.15) is 0 Å². The molecule has 0 aromatic heterocycles. The van der Waals surface area contributed by atoms with Crippen molar-refractivity contribution in [2.24, 2.45) is 5.73 Å². The summed E-state index contributed by atoms with van der Waals surface area (Å²) in [5.74, 6) is 0. The van der Waals surface area contributed by atoms with Crippen molar-refractivity contribution < 1.29 is 14.2 Å². The van der Waals surface area contributed by atoms with E-state index >= 15 is 0 Å². The zero-order valence-electron chi connectivity index (χ0n) is 9.07. The van der Waals surface area contributed by atoms with E-state index in [4.69, 9.17) is 19.9 Å². The summed E-state index contributed by atoms with van der Waals surface area (Å²) in [6.45, 7) is 3.90. The van der Waals surface area contributed by atoms with Crippen molar-refractivity contribution in [2.75, 3.05) is 26.9 Å². The van der Waals surface area contributed by atoms with Gasteiger partial charge in [0.2, 0.25) is 0 Å². The molecule has 1 saturated heterocycles. The molecular weight excluding hydrogens is 182 g/mol. The van der Waals surface area contributed by atoms with E-state index in [0.29, 0.717) is 19.8 Å². The lowest BCUT2D eigenvalue weighted by molar-refractivity contribution is -0.0527. The fraction of sp³-hybridized carbons (Fsp3) is 1.00. The molecule has 0 aromatic rings. The summed E-state index contributed by atoms with van der Waals surface area (Å²) in [6.07, 6.45) is 2.72. The molecule has 1 fully saturated rings. The molecule has 3 unspecified atom stereocenters. The fourth-order valence-electron chi connectivity index (χ4n) is 1.63. The molecule has 84 valence electrons. The van der Waals surface area contributed by atoms with E-state index < -0.39 is 0 Å². The van der Waals surface area contributed by atoms with Gasteiger partial charge in [-0.25, -0.2) is 0 Å². The highest BCUT2D eigenvalue weighted by Crippen LogP contribution is 2.19. The van der Waals surface area contributed by atoms with Gasteiger partial charge in [0.15, 0.2) is 0 Å². The van der Waals surface area contributed by atoms with Crippen molar-refractivity contribution in [3.8, 4) is 0 Å². The highest BCUT2D eigenvalue weighted by atomic mass is 16.6. The lowest BCUT2D eigenvalue weighted by atomic mass is 10.2. The van der Waals surface area contributed by atoms with Crippen LogP contribution in [0.15, 0.2) is 0 Å². The average Bonchev–Trinajstić information content (AvgIpc) is 2.63. The minimum absolute atomic E-state index is 0.139. The van der Waals surface area contributed by atoms with Gasteiger partial charge in [0.05, 0.1) is 31.5 Å². The molecule has 4 nitrogen and oxygen atoms in total. The van der Waals surface area contributed by atoms with Gasteiger partial charge in [-0.3, -0.25) is 0 Å².